The zero-order chi connectivity index (χ0) is 13.9. The quantitative estimate of drug-likeness (QED) is 0.459. The number of hydrogen-bond donors (Lipinski definition) is 2. The molecule has 0 amide bonds. The van der Waals surface area contributed by atoms with E-state index in [1.165, 1.54) is 6.42 Å². The first-order chi connectivity index (χ1) is 9.11. The molecule has 1 aliphatic carbocycles. The van der Waals surface area contributed by atoms with Crippen molar-refractivity contribution in [2.24, 2.45) is 16.3 Å². The van der Waals surface area contributed by atoms with E-state index in [0.29, 0.717) is 24.6 Å². The van der Waals surface area contributed by atoms with Crippen molar-refractivity contribution in [3.05, 3.63) is 0 Å². The lowest BCUT2D eigenvalue weighted by Gasteiger charge is -2.60. The molecule has 1 heterocycles. The lowest BCUT2D eigenvalue weighted by molar-refractivity contribution is -0.188. The van der Waals surface area contributed by atoms with Crippen LogP contribution in [-0.4, -0.2) is 37.8 Å². The molecule has 0 radical (unpaired) electrons. The van der Waals surface area contributed by atoms with E-state index in [0.717, 1.165) is 25.5 Å². The molecule has 3 atom stereocenters. The van der Waals surface area contributed by atoms with Crippen molar-refractivity contribution >= 4 is 5.96 Å². The Morgan fingerprint density at radius 1 is 1.53 bits per heavy atom. The van der Waals surface area contributed by atoms with Crippen molar-refractivity contribution in [2.75, 3.05) is 19.7 Å². The van der Waals surface area contributed by atoms with Crippen molar-refractivity contribution in [1.29, 1.82) is 0 Å². The molecule has 4 nitrogen and oxygen atoms in total. The monoisotopic (exact) mass is 263 g/mol. The third kappa shape index (κ3) is 2.71. The smallest absolute Gasteiger partial charge is 0.192 e. The molecule has 0 aromatic carbocycles. The maximum absolute atomic E-state index is 5.91. The minimum Gasteiger partial charge on any atom is -0.377 e. The molecule has 2 aliphatic rings. The van der Waals surface area contributed by atoms with Crippen LogP contribution in [0.4, 0.5) is 0 Å². The van der Waals surface area contributed by atoms with Crippen LogP contribution in [0.5, 0.6) is 0 Å². The topological polar surface area (TPSA) is 45.7 Å². The number of aliphatic imine (C=N–C) groups is 1. The van der Waals surface area contributed by atoms with Gasteiger partial charge in [0.2, 0.25) is 0 Å². The second-order valence-corrected chi connectivity index (χ2v) is 5.94. The van der Waals surface area contributed by atoms with Crippen LogP contribution in [0.25, 0.3) is 0 Å². The van der Waals surface area contributed by atoms with Gasteiger partial charge in [0.25, 0.3) is 0 Å². The van der Waals surface area contributed by atoms with Crippen molar-refractivity contribution in [2.45, 2.75) is 45.8 Å². The maximum Gasteiger partial charge on any atom is 0.192 e. The van der Waals surface area contributed by atoms with Crippen LogP contribution in [0.3, 0.4) is 0 Å². The summed E-state index contributed by atoms with van der Waals surface area (Å²) in [7, 11) is 0. The van der Waals surface area contributed by atoms with E-state index in [-0.39, 0.29) is 5.41 Å². The minimum atomic E-state index is 0.150. The zero-order valence-corrected chi connectivity index (χ0v) is 12.2. The van der Waals surface area contributed by atoms with Crippen LogP contribution >= 0.6 is 0 Å². The summed E-state index contributed by atoms with van der Waals surface area (Å²) in [6.45, 7) is 8.75. The highest BCUT2D eigenvalue weighted by Crippen LogP contribution is 2.51. The molecule has 4 heteroatoms. The zero-order valence-electron chi connectivity index (χ0n) is 12.2. The van der Waals surface area contributed by atoms with Gasteiger partial charge in [-0.15, -0.1) is 6.42 Å². The minimum absolute atomic E-state index is 0.150. The normalized spacial score (nSPS) is 32.7. The van der Waals surface area contributed by atoms with E-state index in [9.17, 15) is 0 Å². The first-order valence-electron chi connectivity index (χ1n) is 7.21. The Morgan fingerprint density at radius 2 is 2.32 bits per heavy atom. The van der Waals surface area contributed by atoms with Crippen molar-refractivity contribution < 1.29 is 4.74 Å². The van der Waals surface area contributed by atoms with E-state index in [1.54, 1.807) is 0 Å². The molecule has 1 saturated heterocycles. The molecule has 3 unspecified atom stereocenters. The van der Waals surface area contributed by atoms with Crippen LogP contribution in [0.1, 0.15) is 33.6 Å². The van der Waals surface area contributed by atoms with Gasteiger partial charge in [-0.05, 0) is 19.8 Å². The number of fused-ring (bicyclic) bond motifs is 1. The Bertz CT molecular complexity index is 383. The molecule has 1 aliphatic heterocycles. The van der Waals surface area contributed by atoms with Gasteiger partial charge in [-0.25, -0.2) is 4.99 Å². The molecule has 1 saturated carbocycles. The van der Waals surface area contributed by atoms with E-state index in [1.807, 2.05) is 0 Å². The SMILES string of the molecule is C#CCN=C(NCC)NC1C2CCCOC2C1(C)C. The molecule has 0 bridgehead atoms. The molecular weight excluding hydrogens is 238 g/mol. The fourth-order valence-electron chi connectivity index (χ4n) is 3.41. The van der Waals surface area contributed by atoms with Gasteiger partial charge < -0.3 is 15.4 Å². The van der Waals surface area contributed by atoms with Crippen LogP contribution < -0.4 is 10.6 Å². The maximum atomic E-state index is 5.91. The highest BCUT2D eigenvalue weighted by atomic mass is 16.5. The van der Waals surface area contributed by atoms with Crippen molar-refractivity contribution in [1.82, 2.24) is 10.6 Å². The highest BCUT2D eigenvalue weighted by molar-refractivity contribution is 5.80. The molecule has 2 N–H and O–H groups in total. The average Bonchev–Trinajstić information content (AvgIpc) is 2.41. The Morgan fingerprint density at radius 3 is 3.00 bits per heavy atom. The van der Waals surface area contributed by atoms with Gasteiger partial charge in [-0.3, -0.25) is 0 Å². The lowest BCUT2D eigenvalue weighted by Crippen LogP contribution is -2.71. The third-order valence-electron chi connectivity index (χ3n) is 4.30. The van der Waals surface area contributed by atoms with Gasteiger partial charge in [0.05, 0.1) is 6.10 Å². The van der Waals surface area contributed by atoms with Gasteiger partial charge in [-0.2, -0.15) is 0 Å². The fourth-order valence-corrected chi connectivity index (χ4v) is 3.41. The van der Waals surface area contributed by atoms with E-state index in [2.05, 4.69) is 42.3 Å². The predicted molar refractivity (Wildman–Crippen MR) is 78.0 cm³/mol. The summed E-state index contributed by atoms with van der Waals surface area (Å²) in [5.41, 5.74) is 0.150. The fraction of sp³-hybridized carbons (Fsp3) is 0.800. The van der Waals surface area contributed by atoms with Crippen molar-refractivity contribution in [3.63, 3.8) is 0 Å². The summed E-state index contributed by atoms with van der Waals surface area (Å²) in [5, 5.41) is 6.79. The lowest BCUT2D eigenvalue weighted by atomic mass is 9.55. The molecular formula is C15H25N3O. The molecule has 19 heavy (non-hydrogen) atoms. The van der Waals surface area contributed by atoms with Gasteiger partial charge in [0.15, 0.2) is 5.96 Å². The molecule has 0 aromatic rings. The molecule has 0 spiro atoms. The summed E-state index contributed by atoms with van der Waals surface area (Å²) in [5.74, 6) is 3.97. The van der Waals surface area contributed by atoms with Crippen LogP contribution in [-0.2, 0) is 4.74 Å². The number of guanidine groups is 1. The summed E-state index contributed by atoms with van der Waals surface area (Å²) in [4.78, 5) is 4.37. The number of ether oxygens (including phenoxy) is 1. The number of terminal acetylenes is 1. The van der Waals surface area contributed by atoms with E-state index < -0.39 is 0 Å². The summed E-state index contributed by atoms with van der Waals surface area (Å²) in [6.07, 6.45) is 8.06. The summed E-state index contributed by atoms with van der Waals surface area (Å²) < 4.78 is 5.91. The van der Waals surface area contributed by atoms with Gasteiger partial charge >= 0.3 is 0 Å². The van der Waals surface area contributed by atoms with Crippen LogP contribution in [0, 0.1) is 23.7 Å². The number of rotatable bonds is 3. The second-order valence-electron chi connectivity index (χ2n) is 5.94. The van der Waals surface area contributed by atoms with E-state index in [4.69, 9.17) is 11.2 Å². The highest BCUT2D eigenvalue weighted by Gasteiger charge is 2.58. The Hall–Kier alpha value is -1.21. The molecule has 2 rings (SSSR count). The second kappa shape index (κ2) is 5.83. The Labute approximate surface area is 116 Å². The van der Waals surface area contributed by atoms with Gasteiger partial charge in [0, 0.05) is 30.5 Å². The number of hydrogen-bond acceptors (Lipinski definition) is 2. The summed E-state index contributed by atoms with van der Waals surface area (Å²) in [6, 6.07) is 0.411. The molecule has 106 valence electrons. The number of nitrogens with one attached hydrogen (secondary N) is 2. The van der Waals surface area contributed by atoms with Crippen LogP contribution in [0.2, 0.25) is 0 Å². The third-order valence-corrected chi connectivity index (χ3v) is 4.30. The van der Waals surface area contributed by atoms with E-state index >= 15 is 0 Å². The average molecular weight is 263 g/mol. The molecule has 0 aromatic heterocycles. The van der Waals surface area contributed by atoms with Gasteiger partial charge in [0.1, 0.15) is 6.54 Å². The van der Waals surface area contributed by atoms with Crippen molar-refractivity contribution in [3.8, 4) is 12.3 Å². The first-order valence-corrected chi connectivity index (χ1v) is 7.21. The predicted octanol–water partition coefficient (Wildman–Crippen LogP) is 1.38. The Balaban J connectivity index is 2.02. The largest absolute Gasteiger partial charge is 0.377 e. The molecule has 2 fully saturated rings. The Kier molecular flexibility index (Phi) is 4.36. The standard InChI is InChI=1S/C15H25N3O/c1-5-9-17-14(16-6-2)18-12-11-8-7-10-19-13(11)15(12,3)4/h1,11-13H,6-10H2,2-4H3,(H2,16,17,18). The van der Waals surface area contributed by atoms with Gasteiger partial charge in [-0.1, -0.05) is 19.8 Å². The first kappa shape index (κ1) is 14.2. The number of nitrogens with zero attached hydrogens (tertiary/aromatic N) is 1. The van der Waals surface area contributed by atoms with Crippen LogP contribution in [0.15, 0.2) is 4.99 Å². The summed E-state index contributed by atoms with van der Waals surface area (Å²) >= 11 is 0.